The van der Waals surface area contributed by atoms with E-state index < -0.39 is 0 Å². The summed E-state index contributed by atoms with van der Waals surface area (Å²) >= 11 is 4.74. The van der Waals surface area contributed by atoms with Crippen LogP contribution >= 0.6 is 27.7 Å². The lowest BCUT2D eigenvalue weighted by molar-refractivity contribution is -0.120. The van der Waals surface area contributed by atoms with Gasteiger partial charge >= 0.3 is 0 Å². The van der Waals surface area contributed by atoms with Crippen LogP contribution in [0.1, 0.15) is 25.0 Å². The highest BCUT2D eigenvalue weighted by Gasteiger charge is 2.13. The number of nitrogens with one attached hydrogen (secondary N) is 1. The molecule has 0 aliphatic carbocycles. The van der Waals surface area contributed by atoms with Gasteiger partial charge in [0.25, 0.3) is 5.91 Å². The fourth-order valence-corrected chi connectivity index (χ4v) is 3.39. The first-order valence-electron chi connectivity index (χ1n) is 8.12. The topological polar surface area (TPSA) is 70.9 Å². The van der Waals surface area contributed by atoms with Crippen LogP contribution in [0.5, 0.6) is 11.5 Å². The van der Waals surface area contributed by atoms with E-state index in [0.717, 1.165) is 4.90 Å². The lowest BCUT2D eigenvalue weighted by Crippen LogP contribution is -2.26. The first-order chi connectivity index (χ1) is 12.4. The van der Waals surface area contributed by atoms with Crippen LogP contribution in [0, 0.1) is 6.92 Å². The summed E-state index contributed by atoms with van der Waals surface area (Å²) in [7, 11) is 0. The minimum Gasteiger partial charge on any atom is -0.503 e. The first kappa shape index (κ1) is 20.3. The van der Waals surface area contributed by atoms with Crippen LogP contribution in [0.2, 0.25) is 0 Å². The molecule has 0 saturated carbocycles. The molecule has 0 bridgehead atoms. The van der Waals surface area contributed by atoms with E-state index in [1.807, 2.05) is 45.0 Å². The van der Waals surface area contributed by atoms with Gasteiger partial charge in [-0.15, -0.1) is 11.8 Å². The monoisotopic (exact) mass is 436 g/mol. The zero-order valence-electron chi connectivity index (χ0n) is 14.8. The maximum atomic E-state index is 12.2. The van der Waals surface area contributed by atoms with E-state index in [1.54, 1.807) is 12.1 Å². The third kappa shape index (κ3) is 5.78. The quantitative estimate of drug-likeness (QED) is 0.380. The number of carbonyl (C=O) groups excluding carboxylic acids is 1. The summed E-state index contributed by atoms with van der Waals surface area (Å²) < 4.78 is 5.87. The lowest BCUT2D eigenvalue weighted by Gasteiger charge is -2.10. The zero-order chi connectivity index (χ0) is 19.1. The van der Waals surface area contributed by atoms with Crippen molar-refractivity contribution < 1.29 is 14.6 Å². The summed E-state index contributed by atoms with van der Waals surface area (Å²) in [4.78, 5) is 13.2. The number of phenols is 1. The predicted octanol–water partition coefficient (Wildman–Crippen LogP) is 4.49. The van der Waals surface area contributed by atoms with Crippen LogP contribution in [-0.2, 0) is 4.79 Å². The van der Waals surface area contributed by atoms with Gasteiger partial charge in [-0.25, -0.2) is 5.43 Å². The molecule has 26 heavy (non-hydrogen) atoms. The molecule has 0 unspecified atom stereocenters. The number of halogens is 1. The van der Waals surface area contributed by atoms with E-state index in [0.29, 0.717) is 22.4 Å². The predicted molar refractivity (Wildman–Crippen MR) is 109 cm³/mol. The number of aromatic hydroxyl groups is 1. The Kier molecular flexibility index (Phi) is 7.53. The van der Waals surface area contributed by atoms with Gasteiger partial charge in [-0.2, -0.15) is 5.10 Å². The van der Waals surface area contributed by atoms with Gasteiger partial charge in [-0.05, 0) is 66.5 Å². The van der Waals surface area contributed by atoms with Gasteiger partial charge in [0.05, 0.1) is 22.5 Å². The highest BCUT2D eigenvalue weighted by molar-refractivity contribution is 9.10. The van der Waals surface area contributed by atoms with Crippen molar-refractivity contribution in [3.8, 4) is 11.5 Å². The van der Waals surface area contributed by atoms with Crippen molar-refractivity contribution in [2.75, 3.05) is 6.61 Å². The van der Waals surface area contributed by atoms with Crippen molar-refractivity contribution in [2.24, 2.45) is 5.10 Å². The largest absolute Gasteiger partial charge is 0.503 e. The second-order valence-corrected chi connectivity index (χ2v) is 7.86. The molecule has 138 valence electrons. The van der Waals surface area contributed by atoms with Crippen molar-refractivity contribution in [3.63, 3.8) is 0 Å². The fraction of sp³-hybridized carbons (Fsp3) is 0.263. The molecule has 5 nitrogen and oxygen atoms in total. The minimum absolute atomic E-state index is 0.0381. The number of aryl methyl sites for hydroxylation is 1. The molecule has 1 amide bonds. The molecule has 0 heterocycles. The summed E-state index contributed by atoms with van der Waals surface area (Å²) in [6, 6.07) is 11.4. The van der Waals surface area contributed by atoms with Crippen molar-refractivity contribution in [2.45, 2.75) is 30.9 Å². The van der Waals surface area contributed by atoms with Crippen LogP contribution < -0.4 is 10.2 Å². The van der Waals surface area contributed by atoms with Crippen molar-refractivity contribution in [1.82, 2.24) is 5.43 Å². The Bertz CT molecular complexity index is 794. The average Bonchev–Trinajstić information content (AvgIpc) is 2.61. The Balaban J connectivity index is 1.96. The molecule has 2 aromatic rings. The molecule has 0 aliphatic heterocycles. The van der Waals surface area contributed by atoms with Crippen LogP contribution in [0.4, 0.5) is 0 Å². The highest BCUT2D eigenvalue weighted by atomic mass is 79.9. The molecule has 2 rings (SSSR count). The minimum atomic E-state index is -0.277. The summed E-state index contributed by atoms with van der Waals surface area (Å²) in [5.41, 5.74) is 4.41. The van der Waals surface area contributed by atoms with Crippen molar-refractivity contribution >= 4 is 39.8 Å². The van der Waals surface area contributed by atoms with Crippen LogP contribution in [-0.4, -0.2) is 29.1 Å². The number of rotatable bonds is 7. The molecule has 0 aliphatic rings. The number of hydrazone groups is 1. The lowest BCUT2D eigenvalue weighted by atomic mass is 10.2. The number of ether oxygens (including phenoxy) is 1. The zero-order valence-corrected chi connectivity index (χ0v) is 17.2. The molecule has 2 aromatic carbocycles. The van der Waals surface area contributed by atoms with Gasteiger partial charge in [0.1, 0.15) is 0 Å². The molecule has 2 N–H and O–H groups in total. The number of hydrogen-bond acceptors (Lipinski definition) is 5. The average molecular weight is 437 g/mol. The Morgan fingerprint density at radius 2 is 2.08 bits per heavy atom. The summed E-state index contributed by atoms with van der Waals surface area (Å²) in [5.74, 6) is 0.212. The Hall–Kier alpha value is -1.99. The Morgan fingerprint density at radius 1 is 1.38 bits per heavy atom. The molecule has 1 atom stereocenters. The van der Waals surface area contributed by atoms with Crippen LogP contribution in [0.3, 0.4) is 0 Å². The number of carbonyl (C=O) groups is 1. The maximum Gasteiger partial charge on any atom is 0.253 e. The van der Waals surface area contributed by atoms with E-state index in [-0.39, 0.29) is 16.9 Å². The second-order valence-electron chi connectivity index (χ2n) is 5.59. The van der Waals surface area contributed by atoms with Gasteiger partial charge < -0.3 is 9.84 Å². The van der Waals surface area contributed by atoms with Gasteiger partial charge in [-0.3, -0.25) is 4.79 Å². The number of thioether (sulfide) groups is 1. The second kappa shape index (κ2) is 9.64. The third-order valence-corrected chi connectivity index (χ3v) is 5.16. The summed E-state index contributed by atoms with van der Waals surface area (Å²) in [6.45, 7) is 6.13. The normalized spacial score (nSPS) is 12.2. The smallest absolute Gasteiger partial charge is 0.253 e. The molecule has 7 heteroatoms. The maximum absolute atomic E-state index is 12.2. The fourth-order valence-electron chi connectivity index (χ4n) is 2.07. The molecular weight excluding hydrogens is 416 g/mol. The molecule has 0 fully saturated rings. The molecular formula is C19H21BrN2O3S. The van der Waals surface area contributed by atoms with Crippen LogP contribution in [0.15, 0.2) is 50.9 Å². The number of hydrogen-bond donors (Lipinski definition) is 2. The van der Waals surface area contributed by atoms with Gasteiger partial charge in [0.15, 0.2) is 11.5 Å². The van der Waals surface area contributed by atoms with E-state index in [2.05, 4.69) is 26.5 Å². The molecule has 0 radical (unpaired) electrons. The third-order valence-electron chi connectivity index (χ3n) is 3.44. The summed E-state index contributed by atoms with van der Waals surface area (Å²) in [5, 5.41) is 13.6. The molecule has 0 aromatic heterocycles. The van der Waals surface area contributed by atoms with E-state index >= 15 is 0 Å². The standard InChI is InChI=1S/C19H21BrN2O3S/c1-4-25-17-10-14(9-16(20)18(17)23)11-21-22-19(24)13(3)26-15-7-5-12(2)6-8-15/h5-11,13,23H,4H2,1-3H3,(H,22,24)/b21-11-/t13-/m0/s1. The van der Waals surface area contributed by atoms with Crippen molar-refractivity contribution in [1.29, 1.82) is 0 Å². The van der Waals surface area contributed by atoms with Gasteiger partial charge in [0.2, 0.25) is 0 Å². The number of amides is 1. The molecule has 0 saturated heterocycles. The van der Waals surface area contributed by atoms with Crippen LogP contribution in [0.25, 0.3) is 0 Å². The number of phenolic OH excluding ortho intramolecular Hbond substituents is 1. The van der Waals surface area contributed by atoms with Crippen molar-refractivity contribution in [3.05, 3.63) is 52.0 Å². The van der Waals surface area contributed by atoms with Gasteiger partial charge in [0, 0.05) is 4.90 Å². The number of nitrogens with zero attached hydrogens (tertiary/aromatic N) is 1. The molecule has 0 spiro atoms. The highest BCUT2D eigenvalue weighted by Crippen LogP contribution is 2.35. The first-order valence-corrected chi connectivity index (χ1v) is 9.79. The van der Waals surface area contributed by atoms with E-state index in [9.17, 15) is 9.90 Å². The summed E-state index contributed by atoms with van der Waals surface area (Å²) in [6.07, 6.45) is 1.51. The van der Waals surface area contributed by atoms with E-state index in [1.165, 1.54) is 23.5 Å². The SMILES string of the molecule is CCOc1cc(/C=N\NC(=O)[C@H](C)Sc2ccc(C)cc2)cc(Br)c1O. The van der Waals surface area contributed by atoms with E-state index in [4.69, 9.17) is 4.74 Å². The Labute approximate surface area is 166 Å². The Morgan fingerprint density at radius 3 is 2.73 bits per heavy atom. The number of benzene rings is 2. The van der Waals surface area contributed by atoms with Gasteiger partial charge in [-0.1, -0.05) is 17.7 Å².